The number of pyridine rings is 2. The van der Waals surface area contributed by atoms with Crippen LogP contribution >= 0.6 is 22.7 Å². The van der Waals surface area contributed by atoms with Gasteiger partial charge in [0.2, 0.25) is 5.52 Å². The fourth-order valence-corrected chi connectivity index (χ4v) is 8.75. The van der Waals surface area contributed by atoms with E-state index in [1.165, 1.54) is 26.1 Å². The summed E-state index contributed by atoms with van der Waals surface area (Å²) < 4.78 is 90.4. The van der Waals surface area contributed by atoms with E-state index in [9.17, 15) is 26.3 Å². The average molecular weight is 663 g/mol. The van der Waals surface area contributed by atoms with E-state index in [-0.39, 0.29) is 11.4 Å². The molecule has 7 aromatic rings. The third kappa shape index (κ3) is 4.76. The van der Waals surface area contributed by atoms with Crippen molar-refractivity contribution in [2.45, 2.75) is 24.9 Å². The molecule has 0 saturated heterocycles. The maximum absolute atomic E-state index is 13.8. The summed E-state index contributed by atoms with van der Waals surface area (Å²) in [6.45, 7) is 0. The van der Waals surface area contributed by atoms with Crippen molar-refractivity contribution in [2.24, 2.45) is 0 Å². The standard InChI is InChI=1S/C35H22F6N3S2/c36-34(37,38)22-13-15-42-29(18-22)30-19-23(35(39,40)41)14-16-43(30)32(42)27-10-4-3-9-26(27)25-8-2-1-7-21(25)17-24-20-44-28-11-5-6-12-31(28)46-33(44)45-24/h1-16,18-20,32H,17H2/q+3. The minimum Gasteiger partial charge on any atom is -0.166 e. The molecule has 46 heavy (non-hydrogen) atoms. The zero-order chi connectivity index (χ0) is 31.8. The van der Waals surface area contributed by atoms with Crippen LogP contribution in [-0.4, -0.2) is 0 Å². The first-order valence-corrected chi connectivity index (χ1v) is 15.9. The zero-order valence-electron chi connectivity index (χ0n) is 23.7. The van der Waals surface area contributed by atoms with Crippen molar-refractivity contribution in [3.05, 3.63) is 143 Å². The minimum atomic E-state index is -4.65. The second kappa shape index (κ2) is 10.5. The predicted octanol–water partition coefficient (Wildman–Crippen LogP) is 8.65. The molecule has 0 aliphatic carbocycles. The van der Waals surface area contributed by atoms with E-state index in [0.717, 1.165) is 52.0 Å². The number of hydrogen-bond donors (Lipinski definition) is 0. The molecule has 0 atom stereocenters. The molecule has 0 N–H and O–H groups in total. The Labute approximate surface area is 266 Å². The predicted molar refractivity (Wildman–Crippen MR) is 163 cm³/mol. The van der Waals surface area contributed by atoms with Crippen molar-refractivity contribution in [1.29, 1.82) is 0 Å². The highest BCUT2D eigenvalue weighted by atomic mass is 32.2. The van der Waals surface area contributed by atoms with Gasteiger partial charge in [-0.25, -0.2) is 0 Å². The van der Waals surface area contributed by atoms with Gasteiger partial charge in [-0.3, -0.25) is 0 Å². The Hall–Kier alpha value is -4.61. The second-order valence-electron chi connectivity index (χ2n) is 11.1. The van der Waals surface area contributed by atoms with E-state index >= 15 is 0 Å². The van der Waals surface area contributed by atoms with Crippen LogP contribution in [0.4, 0.5) is 26.3 Å². The second-order valence-corrected chi connectivity index (χ2v) is 13.5. The number of halogens is 6. The van der Waals surface area contributed by atoms with E-state index in [1.807, 2.05) is 54.6 Å². The highest BCUT2D eigenvalue weighted by Crippen LogP contribution is 2.38. The fourth-order valence-electron chi connectivity index (χ4n) is 6.28. The van der Waals surface area contributed by atoms with E-state index in [1.54, 1.807) is 31.8 Å². The maximum atomic E-state index is 13.8. The van der Waals surface area contributed by atoms with Crippen LogP contribution in [0.5, 0.6) is 0 Å². The maximum Gasteiger partial charge on any atom is 0.416 e. The van der Waals surface area contributed by atoms with Crippen LogP contribution in [0.1, 0.15) is 33.3 Å². The lowest BCUT2D eigenvalue weighted by Gasteiger charge is -2.14. The molecule has 1 aliphatic rings. The molecule has 3 nitrogen and oxygen atoms in total. The molecule has 1 aliphatic heterocycles. The molecule has 0 amide bonds. The highest BCUT2D eigenvalue weighted by molar-refractivity contribution is 7.38. The van der Waals surface area contributed by atoms with Crippen LogP contribution < -0.4 is 13.5 Å². The molecule has 0 saturated carbocycles. The Morgan fingerprint density at radius 3 is 1.89 bits per heavy atom. The topological polar surface area (TPSA) is 11.9 Å². The Kier molecular flexibility index (Phi) is 6.56. The summed E-state index contributed by atoms with van der Waals surface area (Å²) in [5.41, 5.74) is 3.00. The van der Waals surface area contributed by atoms with E-state index < -0.39 is 29.6 Å². The third-order valence-corrected chi connectivity index (χ3v) is 10.7. The first kappa shape index (κ1) is 28.8. The molecule has 5 heterocycles. The monoisotopic (exact) mass is 662 g/mol. The Bertz CT molecular complexity index is 2240. The number of aromatic nitrogens is 3. The fraction of sp³-hybridized carbons (Fsp3) is 0.114. The first-order chi connectivity index (χ1) is 22.1. The number of rotatable bonds is 4. The molecule has 3 aromatic carbocycles. The number of para-hydroxylation sites is 1. The quantitative estimate of drug-likeness (QED) is 0.132. The molecular weight excluding hydrogens is 641 g/mol. The summed E-state index contributed by atoms with van der Waals surface area (Å²) in [6, 6.07) is 27.6. The van der Waals surface area contributed by atoms with Crippen molar-refractivity contribution in [3.8, 4) is 22.5 Å². The first-order valence-electron chi connectivity index (χ1n) is 14.3. The van der Waals surface area contributed by atoms with E-state index in [4.69, 9.17) is 0 Å². The van der Waals surface area contributed by atoms with Crippen molar-refractivity contribution < 1.29 is 39.9 Å². The van der Waals surface area contributed by atoms with Gasteiger partial charge in [0.05, 0.1) is 21.6 Å². The summed E-state index contributed by atoms with van der Waals surface area (Å²) in [5.74, 6) is 0. The molecule has 0 spiro atoms. The number of benzene rings is 3. The zero-order valence-corrected chi connectivity index (χ0v) is 25.3. The summed E-state index contributed by atoms with van der Waals surface area (Å²) in [4.78, 5) is 1.17. The minimum absolute atomic E-state index is 0.0527. The molecule has 0 fully saturated rings. The van der Waals surface area contributed by atoms with Gasteiger partial charge in [-0.15, -0.1) is 13.5 Å². The molecule has 11 heteroatoms. The van der Waals surface area contributed by atoms with Gasteiger partial charge in [-0.2, -0.15) is 26.3 Å². The summed E-state index contributed by atoms with van der Waals surface area (Å²) in [5, 5.41) is 0. The van der Waals surface area contributed by atoms with Crippen LogP contribution in [0.3, 0.4) is 0 Å². The molecule has 0 unspecified atom stereocenters. The largest absolute Gasteiger partial charge is 0.416 e. The van der Waals surface area contributed by atoms with Gasteiger partial charge >= 0.3 is 22.7 Å². The molecule has 0 bridgehead atoms. The van der Waals surface area contributed by atoms with Crippen molar-refractivity contribution in [1.82, 2.24) is 0 Å². The molecule has 0 radical (unpaired) electrons. The van der Waals surface area contributed by atoms with Crippen LogP contribution in [-0.2, 0) is 18.8 Å². The third-order valence-electron chi connectivity index (χ3n) is 8.34. The summed E-state index contributed by atoms with van der Waals surface area (Å²) in [7, 11) is 0. The number of nitrogens with zero attached hydrogens (tertiary/aromatic N) is 3. The van der Waals surface area contributed by atoms with Crippen LogP contribution in [0, 0.1) is 0 Å². The van der Waals surface area contributed by atoms with Gasteiger partial charge < -0.3 is 0 Å². The highest BCUT2D eigenvalue weighted by Gasteiger charge is 2.49. The van der Waals surface area contributed by atoms with Crippen molar-refractivity contribution in [3.63, 3.8) is 0 Å². The van der Waals surface area contributed by atoms with Gasteiger partial charge in [0.15, 0.2) is 18.6 Å². The van der Waals surface area contributed by atoms with E-state index in [0.29, 0.717) is 6.42 Å². The molecule has 228 valence electrons. The van der Waals surface area contributed by atoms with Gasteiger partial charge in [-0.1, -0.05) is 77.3 Å². The van der Waals surface area contributed by atoms with Gasteiger partial charge in [0.25, 0.3) is 11.4 Å². The number of fused-ring (bicyclic) bond motifs is 6. The van der Waals surface area contributed by atoms with Crippen LogP contribution in [0.25, 0.3) is 36.9 Å². The van der Waals surface area contributed by atoms with Gasteiger partial charge in [0.1, 0.15) is 4.70 Å². The van der Waals surface area contributed by atoms with Crippen LogP contribution in [0.15, 0.2) is 116 Å². The lowest BCUT2D eigenvalue weighted by Crippen LogP contribution is -2.52. The normalized spacial score (nSPS) is 13.4. The van der Waals surface area contributed by atoms with Gasteiger partial charge in [0, 0.05) is 36.8 Å². The molecular formula is C35H22F6N3S2+3. The smallest absolute Gasteiger partial charge is 0.166 e. The molecule has 8 rings (SSSR count). The average Bonchev–Trinajstić information content (AvgIpc) is 3.69. The van der Waals surface area contributed by atoms with Crippen LogP contribution in [0.2, 0.25) is 0 Å². The number of alkyl halides is 6. The number of thiazole rings is 2. The van der Waals surface area contributed by atoms with E-state index in [2.05, 4.69) is 28.8 Å². The van der Waals surface area contributed by atoms with Gasteiger partial charge in [-0.05, 0) is 28.8 Å². The Morgan fingerprint density at radius 2 is 1.22 bits per heavy atom. The summed E-state index contributed by atoms with van der Waals surface area (Å²) >= 11 is 3.47. The Balaban J connectivity index is 1.26. The Morgan fingerprint density at radius 1 is 0.630 bits per heavy atom. The summed E-state index contributed by atoms with van der Waals surface area (Å²) in [6.07, 6.45) is -4.59. The van der Waals surface area contributed by atoms with Crippen molar-refractivity contribution in [2.75, 3.05) is 0 Å². The SMILES string of the molecule is FC(F)(F)c1cc[n+]2c(c1)-c1cc(C(F)(F)F)cc[n+]1C2c1ccccc1-c1ccccc1Cc1c[n+]2c(s1)sc1ccccc12. The van der Waals surface area contributed by atoms with Crippen molar-refractivity contribution >= 4 is 37.0 Å². The lowest BCUT2D eigenvalue weighted by molar-refractivity contribution is -0.899. The lowest BCUT2D eigenvalue weighted by atomic mass is 9.92. The number of hydrogen-bond acceptors (Lipinski definition) is 2. The molecule has 4 aromatic heterocycles.